The van der Waals surface area contributed by atoms with E-state index in [1.807, 2.05) is 13.8 Å². The van der Waals surface area contributed by atoms with E-state index >= 15 is 0 Å². The lowest BCUT2D eigenvalue weighted by Crippen LogP contribution is -2.60. The molecule has 4 amide bonds. The van der Waals surface area contributed by atoms with E-state index in [0.29, 0.717) is 0 Å². The van der Waals surface area contributed by atoms with Crippen LogP contribution in [-0.4, -0.2) is 65.2 Å². The summed E-state index contributed by atoms with van der Waals surface area (Å²) in [5, 5.41) is 4.32. The van der Waals surface area contributed by atoms with E-state index in [1.165, 1.54) is 18.7 Å². The number of piperidine rings is 1. The lowest BCUT2D eigenvalue weighted by molar-refractivity contribution is -0.175. The largest absolute Gasteiger partial charge is 0.471 e. The average molecular weight is 489 g/mol. The molecule has 0 aromatic rings. The SMILES string of the molecule is CC(C)[C@H](NC(=O)C(F)(F)F)C(=O)N1C[C@H]2[C@@H]([C@H]1C(=O)NC(CC1CC1)C(=O)C(N)=O)C2(C)C. The Morgan fingerprint density at radius 2 is 1.68 bits per heavy atom. The molecule has 9 nitrogen and oxygen atoms in total. The summed E-state index contributed by atoms with van der Waals surface area (Å²) in [5.74, 6) is -6.62. The van der Waals surface area contributed by atoms with Gasteiger partial charge in [-0.2, -0.15) is 13.2 Å². The van der Waals surface area contributed by atoms with Crippen LogP contribution in [0.5, 0.6) is 0 Å². The molecule has 190 valence electrons. The Labute approximate surface area is 195 Å². The zero-order valence-electron chi connectivity index (χ0n) is 19.6. The number of carbonyl (C=O) groups excluding carboxylic acids is 5. The first-order chi connectivity index (χ1) is 15.6. The molecule has 1 aliphatic heterocycles. The molecule has 2 saturated carbocycles. The number of alkyl halides is 3. The number of Topliss-reactive ketones (excluding diaryl/α,β-unsaturated/α-hetero) is 1. The molecule has 0 spiro atoms. The third kappa shape index (κ3) is 5.05. The van der Waals surface area contributed by atoms with Gasteiger partial charge in [-0.3, -0.25) is 24.0 Å². The summed E-state index contributed by atoms with van der Waals surface area (Å²) in [6, 6.07) is -3.65. The number of hydrogen-bond acceptors (Lipinski definition) is 5. The molecule has 3 fully saturated rings. The number of hydrogen-bond donors (Lipinski definition) is 3. The monoisotopic (exact) mass is 488 g/mol. The van der Waals surface area contributed by atoms with E-state index in [0.717, 1.165) is 12.8 Å². The first-order valence-electron chi connectivity index (χ1n) is 11.4. The van der Waals surface area contributed by atoms with Crippen LogP contribution in [0.1, 0.15) is 47.0 Å². The Kier molecular flexibility index (Phi) is 6.75. The molecule has 5 atom stereocenters. The van der Waals surface area contributed by atoms with Crippen molar-refractivity contribution < 1.29 is 37.1 Å². The molecular formula is C22H31F3N4O5. The van der Waals surface area contributed by atoms with E-state index < -0.39 is 59.6 Å². The summed E-state index contributed by atoms with van der Waals surface area (Å²) in [4.78, 5) is 63.1. The van der Waals surface area contributed by atoms with Gasteiger partial charge in [-0.05, 0) is 35.5 Å². The molecule has 34 heavy (non-hydrogen) atoms. The van der Waals surface area contributed by atoms with Crippen LogP contribution in [0.25, 0.3) is 0 Å². The van der Waals surface area contributed by atoms with Gasteiger partial charge in [-0.1, -0.05) is 40.5 Å². The normalized spacial score (nSPS) is 26.9. The van der Waals surface area contributed by atoms with Gasteiger partial charge in [0.05, 0.1) is 6.04 Å². The molecule has 4 N–H and O–H groups in total. The molecule has 3 aliphatic rings. The molecule has 12 heteroatoms. The molecule has 3 rings (SSSR count). The quantitative estimate of drug-likeness (QED) is 0.406. The number of halogens is 3. The molecular weight excluding hydrogens is 457 g/mol. The van der Waals surface area contributed by atoms with Gasteiger partial charge in [0.2, 0.25) is 17.6 Å². The second kappa shape index (κ2) is 8.84. The maximum atomic E-state index is 13.3. The van der Waals surface area contributed by atoms with Crippen LogP contribution < -0.4 is 16.4 Å². The number of carbonyl (C=O) groups is 5. The highest BCUT2D eigenvalue weighted by Gasteiger charge is 2.69. The molecule has 0 aromatic heterocycles. The Bertz CT molecular complexity index is 899. The van der Waals surface area contributed by atoms with E-state index in [2.05, 4.69) is 5.32 Å². The topological polar surface area (TPSA) is 139 Å². The minimum atomic E-state index is -5.16. The van der Waals surface area contributed by atoms with Crippen LogP contribution in [-0.2, 0) is 24.0 Å². The first-order valence-corrected chi connectivity index (χ1v) is 11.4. The Balaban J connectivity index is 1.82. The highest BCUT2D eigenvalue weighted by atomic mass is 19.4. The smallest absolute Gasteiger partial charge is 0.363 e. The van der Waals surface area contributed by atoms with Crippen molar-refractivity contribution >= 4 is 29.4 Å². The molecule has 1 unspecified atom stereocenters. The van der Waals surface area contributed by atoms with Crippen LogP contribution in [0.2, 0.25) is 0 Å². The third-order valence-corrected chi connectivity index (χ3v) is 7.38. The number of rotatable bonds is 9. The van der Waals surface area contributed by atoms with Crippen LogP contribution in [0, 0.1) is 29.1 Å². The highest BCUT2D eigenvalue weighted by Crippen LogP contribution is 2.65. The summed E-state index contributed by atoms with van der Waals surface area (Å²) >= 11 is 0. The Morgan fingerprint density at radius 1 is 1.09 bits per heavy atom. The third-order valence-electron chi connectivity index (χ3n) is 7.38. The number of nitrogens with two attached hydrogens (primary N) is 1. The standard InChI is InChI=1S/C22H31F3N4O5/c1-9(2)14(28-20(34)22(23,24)25)19(33)29-8-11-13(21(11,3)4)15(29)18(32)27-12(7-10-5-6-10)16(30)17(26)31/h9-15H,5-8H2,1-4H3,(H2,26,31)(H,27,32)(H,28,34)/t11-,12?,13-,14-,15-/m0/s1. The predicted octanol–water partition coefficient (Wildman–Crippen LogP) is 0.512. The number of likely N-dealkylation sites (tertiary alicyclic amines) is 1. The van der Waals surface area contributed by atoms with Crippen molar-refractivity contribution in [2.75, 3.05) is 6.54 Å². The summed E-state index contributed by atoms with van der Waals surface area (Å²) in [5.41, 5.74) is 4.84. The first kappa shape index (κ1) is 26.0. The van der Waals surface area contributed by atoms with Gasteiger partial charge in [0.1, 0.15) is 12.1 Å². The lowest BCUT2D eigenvalue weighted by Gasteiger charge is -2.34. The summed E-state index contributed by atoms with van der Waals surface area (Å²) < 4.78 is 38.4. The number of fused-ring (bicyclic) bond motifs is 1. The summed E-state index contributed by atoms with van der Waals surface area (Å²) in [6.07, 6.45) is -3.19. The fourth-order valence-electron chi connectivity index (χ4n) is 5.08. The highest BCUT2D eigenvalue weighted by molar-refractivity contribution is 6.37. The van der Waals surface area contributed by atoms with Crippen molar-refractivity contribution in [2.45, 2.75) is 71.3 Å². The minimum Gasteiger partial charge on any atom is -0.363 e. The van der Waals surface area contributed by atoms with Gasteiger partial charge in [0.25, 0.3) is 5.91 Å². The number of primary amides is 1. The van der Waals surface area contributed by atoms with Crippen molar-refractivity contribution in [3.05, 3.63) is 0 Å². The Hall–Kier alpha value is -2.66. The van der Waals surface area contributed by atoms with Crippen molar-refractivity contribution in [1.82, 2.24) is 15.5 Å². The second-order valence-corrected chi connectivity index (χ2v) is 10.6. The van der Waals surface area contributed by atoms with Crippen molar-refractivity contribution in [3.63, 3.8) is 0 Å². The van der Waals surface area contributed by atoms with Crippen molar-refractivity contribution in [2.24, 2.45) is 34.8 Å². The molecule has 0 bridgehead atoms. The number of nitrogens with one attached hydrogen (secondary N) is 2. The van der Waals surface area contributed by atoms with Crippen LogP contribution in [0.15, 0.2) is 0 Å². The van der Waals surface area contributed by atoms with Crippen LogP contribution in [0.4, 0.5) is 13.2 Å². The van der Waals surface area contributed by atoms with Gasteiger partial charge >= 0.3 is 12.1 Å². The Morgan fingerprint density at radius 3 is 2.15 bits per heavy atom. The summed E-state index contributed by atoms with van der Waals surface area (Å²) in [6.45, 7) is 6.97. The minimum absolute atomic E-state index is 0.0629. The number of ketones is 1. The summed E-state index contributed by atoms with van der Waals surface area (Å²) in [7, 11) is 0. The van der Waals surface area contributed by atoms with E-state index in [9.17, 15) is 37.1 Å². The van der Waals surface area contributed by atoms with Crippen LogP contribution >= 0.6 is 0 Å². The van der Waals surface area contributed by atoms with E-state index in [1.54, 1.807) is 5.32 Å². The van der Waals surface area contributed by atoms with Crippen LogP contribution in [0.3, 0.4) is 0 Å². The maximum Gasteiger partial charge on any atom is 0.471 e. The van der Waals surface area contributed by atoms with Gasteiger partial charge in [0.15, 0.2) is 0 Å². The van der Waals surface area contributed by atoms with Gasteiger partial charge in [-0.15, -0.1) is 0 Å². The average Bonchev–Trinajstić information content (AvgIpc) is 3.56. The zero-order valence-corrected chi connectivity index (χ0v) is 19.6. The van der Waals surface area contributed by atoms with Gasteiger partial charge in [-0.25, -0.2) is 0 Å². The van der Waals surface area contributed by atoms with E-state index in [-0.39, 0.29) is 36.1 Å². The lowest BCUT2D eigenvalue weighted by atomic mass is 9.96. The van der Waals surface area contributed by atoms with E-state index in [4.69, 9.17) is 5.73 Å². The zero-order chi connectivity index (χ0) is 25.7. The maximum absolute atomic E-state index is 13.3. The molecule has 1 saturated heterocycles. The molecule has 0 radical (unpaired) electrons. The van der Waals surface area contributed by atoms with Crippen molar-refractivity contribution in [3.8, 4) is 0 Å². The van der Waals surface area contributed by atoms with Gasteiger partial charge in [0, 0.05) is 6.54 Å². The molecule has 1 heterocycles. The second-order valence-electron chi connectivity index (χ2n) is 10.6. The number of amides is 4. The number of nitrogens with zero attached hydrogens (tertiary/aromatic N) is 1. The fraction of sp³-hybridized carbons (Fsp3) is 0.773. The fourth-order valence-corrected chi connectivity index (χ4v) is 5.08. The predicted molar refractivity (Wildman–Crippen MR) is 113 cm³/mol. The molecule has 2 aliphatic carbocycles. The molecule has 0 aromatic carbocycles. The van der Waals surface area contributed by atoms with Gasteiger partial charge < -0.3 is 21.3 Å². The van der Waals surface area contributed by atoms with Crippen molar-refractivity contribution in [1.29, 1.82) is 0 Å².